The van der Waals surface area contributed by atoms with Gasteiger partial charge in [0.25, 0.3) is 0 Å². The van der Waals surface area contributed by atoms with Crippen LogP contribution in [0.5, 0.6) is 0 Å². The van der Waals surface area contributed by atoms with Crippen LogP contribution in [0.25, 0.3) is 0 Å². The minimum atomic E-state index is 0.0570. The quantitative estimate of drug-likeness (QED) is 0.602. The molecule has 0 saturated carbocycles. The number of hydrogen-bond donors (Lipinski definition) is 2. The summed E-state index contributed by atoms with van der Waals surface area (Å²) < 4.78 is 17.1. The molecule has 3 N–H and O–H groups in total. The summed E-state index contributed by atoms with van der Waals surface area (Å²) >= 11 is 0. The van der Waals surface area contributed by atoms with E-state index in [9.17, 15) is 0 Å². The number of ether oxygens (including phenoxy) is 3. The van der Waals surface area contributed by atoms with Crippen molar-refractivity contribution < 1.29 is 14.2 Å². The molecule has 0 aliphatic carbocycles. The Labute approximate surface area is 121 Å². The van der Waals surface area contributed by atoms with Crippen molar-refractivity contribution in [2.75, 3.05) is 33.0 Å². The minimum absolute atomic E-state index is 0.0570. The Hall–Kier alpha value is -0.200. The molecule has 0 aromatic carbocycles. The zero-order valence-electron chi connectivity index (χ0n) is 12.3. The second-order valence-corrected chi connectivity index (χ2v) is 6.54. The molecule has 3 heterocycles. The van der Waals surface area contributed by atoms with Gasteiger partial charge in [-0.05, 0) is 50.4 Å². The SMILES string of the molecule is NNC(C1CCOCC1)C1CCOC2(CCOCC2)C1. The third-order valence-corrected chi connectivity index (χ3v) is 5.41. The third kappa shape index (κ3) is 3.17. The van der Waals surface area contributed by atoms with Crippen LogP contribution in [0.4, 0.5) is 0 Å². The van der Waals surface area contributed by atoms with Crippen molar-refractivity contribution in [3.63, 3.8) is 0 Å². The Kier molecular flexibility index (Phi) is 4.94. The molecular formula is C15H28N2O3. The van der Waals surface area contributed by atoms with E-state index in [0.717, 1.165) is 71.6 Å². The Morgan fingerprint density at radius 3 is 2.25 bits per heavy atom. The lowest BCUT2D eigenvalue weighted by molar-refractivity contribution is -0.153. The first kappa shape index (κ1) is 14.7. The summed E-state index contributed by atoms with van der Waals surface area (Å²) in [5, 5.41) is 0. The van der Waals surface area contributed by atoms with E-state index < -0.39 is 0 Å². The van der Waals surface area contributed by atoms with Crippen LogP contribution in [0.2, 0.25) is 0 Å². The molecule has 3 rings (SSSR count). The molecule has 3 aliphatic heterocycles. The van der Waals surface area contributed by atoms with Gasteiger partial charge in [-0.2, -0.15) is 0 Å². The Bertz CT molecular complexity index is 296. The van der Waals surface area contributed by atoms with Crippen LogP contribution in [0, 0.1) is 11.8 Å². The normalized spacial score (nSPS) is 33.1. The maximum absolute atomic E-state index is 6.15. The summed E-state index contributed by atoms with van der Waals surface area (Å²) in [5.41, 5.74) is 3.18. The number of nitrogens with two attached hydrogens (primary N) is 1. The van der Waals surface area contributed by atoms with Gasteiger partial charge >= 0.3 is 0 Å². The van der Waals surface area contributed by atoms with Crippen LogP contribution in [0.1, 0.15) is 38.5 Å². The molecule has 2 atom stereocenters. The van der Waals surface area contributed by atoms with Gasteiger partial charge in [-0.3, -0.25) is 11.3 Å². The van der Waals surface area contributed by atoms with Gasteiger partial charge in [-0.25, -0.2) is 0 Å². The Morgan fingerprint density at radius 2 is 1.55 bits per heavy atom. The highest BCUT2D eigenvalue weighted by Gasteiger charge is 2.42. The van der Waals surface area contributed by atoms with Crippen molar-refractivity contribution in [1.29, 1.82) is 0 Å². The van der Waals surface area contributed by atoms with E-state index in [1.807, 2.05) is 0 Å². The highest BCUT2D eigenvalue weighted by atomic mass is 16.5. The van der Waals surface area contributed by atoms with E-state index >= 15 is 0 Å². The lowest BCUT2D eigenvalue weighted by Crippen LogP contribution is -2.53. The summed E-state index contributed by atoms with van der Waals surface area (Å²) in [5.74, 6) is 7.16. The molecule has 0 amide bonds. The maximum Gasteiger partial charge on any atom is 0.0729 e. The number of hydrogen-bond acceptors (Lipinski definition) is 5. The van der Waals surface area contributed by atoms with Crippen molar-refractivity contribution in [3.8, 4) is 0 Å². The minimum Gasteiger partial charge on any atom is -0.381 e. The van der Waals surface area contributed by atoms with Gasteiger partial charge in [0.05, 0.1) is 5.60 Å². The summed E-state index contributed by atoms with van der Waals surface area (Å²) in [6.45, 7) is 4.30. The van der Waals surface area contributed by atoms with Crippen LogP contribution in [-0.2, 0) is 14.2 Å². The molecule has 116 valence electrons. The van der Waals surface area contributed by atoms with Crippen LogP contribution >= 0.6 is 0 Å². The van der Waals surface area contributed by atoms with Gasteiger partial charge < -0.3 is 14.2 Å². The average molecular weight is 284 g/mol. The highest BCUT2D eigenvalue weighted by molar-refractivity contribution is 4.94. The standard InChI is InChI=1S/C15H28N2O3/c16-17-14(12-1-6-18-7-2-12)13-3-8-20-15(11-13)4-9-19-10-5-15/h12-14,17H,1-11,16H2. The van der Waals surface area contributed by atoms with Gasteiger partial charge in [0.15, 0.2) is 0 Å². The van der Waals surface area contributed by atoms with E-state index in [0.29, 0.717) is 17.9 Å². The average Bonchev–Trinajstić information content (AvgIpc) is 2.50. The largest absolute Gasteiger partial charge is 0.381 e. The van der Waals surface area contributed by atoms with Gasteiger partial charge in [-0.1, -0.05) is 0 Å². The first-order chi connectivity index (χ1) is 9.83. The Balaban J connectivity index is 1.64. The number of rotatable bonds is 3. The highest BCUT2D eigenvalue weighted by Crippen LogP contribution is 2.40. The lowest BCUT2D eigenvalue weighted by Gasteiger charge is -2.46. The van der Waals surface area contributed by atoms with E-state index in [-0.39, 0.29) is 5.60 Å². The first-order valence-electron chi connectivity index (χ1n) is 8.09. The summed E-state index contributed by atoms with van der Waals surface area (Å²) in [6.07, 6.45) is 6.57. The van der Waals surface area contributed by atoms with E-state index in [4.69, 9.17) is 20.1 Å². The molecule has 0 radical (unpaired) electrons. The second kappa shape index (κ2) is 6.71. The van der Waals surface area contributed by atoms with E-state index in [1.54, 1.807) is 0 Å². The summed E-state index contributed by atoms with van der Waals surface area (Å²) in [4.78, 5) is 0. The molecular weight excluding hydrogens is 256 g/mol. The van der Waals surface area contributed by atoms with Gasteiger partial charge in [0.2, 0.25) is 0 Å². The monoisotopic (exact) mass is 284 g/mol. The predicted molar refractivity (Wildman–Crippen MR) is 76.1 cm³/mol. The molecule has 3 saturated heterocycles. The fourth-order valence-corrected chi connectivity index (χ4v) is 4.20. The number of hydrazine groups is 1. The predicted octanol–water partition coefficient (Wildman–Crippen LogP) is 1.22. The van der Waals surface area contributed by atoms with Crippen LogP contribution in [-0.4, -0.2) is 44.7 Å². The zero-order valence-corrected chi connectivity index (χ0v) is 12.3. The summed E-state index contributed by atoms with van der Waals surface area (Å²) in [7, 11) is 0. The van der Waals surface area contributed by atoms with Crippen molar-refractivity contribution >= 4 is 0 Å². The molecule has 1 spiro atoms. The fraction of sp³-hybridized carbons (Fsp3) is 1.00. The van der Waals surface area contributed by atoms with Crippen molar-refractivity contribution in [2.24, 2.45) is 17.7 Å². The Morgan fingerprint density at radius 1 is 0.900 bits per heavy atom. The molecule has 0 aromatic heterocycles. The molecule has 5 nitrogen and oxygen atoms in total. The van der Waals surface area contributed by atoms with Gasteiger partial charge in [0, 0.05) is 39.1 Å². The summed E-state index contributed by atoms with van der Waals surface area (Å²) in [6, 6.07) is 0.405. The third-order valence-electron chi connectivity index (χ3n) is 5.41. The smallest absolute Gasteiger partial charge is 0.0729 e. The van der Waals surface area contributed by atoms with Crippen molar-refractivity contribution in [3.05, 3.63) is 0 Å². The van der Waals surface area contributed by atoms with Crippen molar-refractivity contribution in [1.82, 2.24) is 5.43 Å². The lowest BCUT2D eigenvalue weighted by atomic mass is 9.73. The molecule has 20 heavy (non-hydrogen) atoms. The van der Waals surface area contributed by atoms with Crippen LogP contribution in [0.15, 0.2) is 0 Å². The maximum atomic E-state index is 6.15. The second-order valence-electron chi connectivity index (χ2n) is 6.54. The van der Waals surface area contributed by atoms with Crippen LogP contribution in [0.3, 0.4) is 0 Å². The van der Waals surface area contributed by atoms with Gasteiger partial charge in [-0.15, -0.1) is 0 Å². The topological polar surface area (TPSA) is 65.7 Å². The van der Waals surface area contributed by atoms with Crippen LogP contribution < -0.4 is 11.3 Å². The molecule has 0 bridgehead atoms. The molecule has 3 fully saturated rings. The molecule has 2 unspecified atom stereocenters. The fourth-order valence-electron chi connectivity index (χ4n) is 4.20. The van der Waals surface area contributed by atoms with Gasteiger partial charge in [0.1, 0.15) is 0 Å². The molecule has 5 heteroatoms. The van der Waals surface area contributed by atoms with E-state index in [2.05, 4.69) is 5.43 Å². The zero-order chi connectivity index (χ0) is 13.8. The number of nitrogens with one attached hydrogen (secondary N) is 1. The van der Waals surface area contributed by atoms with E-state index in [1.165, 1.54) is 0 Å². The molecule has 0 aromatic rings. The van der Waals surface area contributed by atoms with Crippen molar-refractivity contribution in [2.45, 2.75) is 50.2 Å². The first-order valence-corrected chi connectivity index (χ1v) is 8.09. The molecule has 3 aliphatic rings.